The number of hydrogen-bond acceptors (Lipinski definition) is 4. The van der Waals surface area contributed by atoms with Crippen molar-refractivity contribution in [3.05, 3.63) is 23.8 Å². The number of carbonyl (C=O) groups is 1. The number of hydrogen-bond donors (Lipinski definition) is 2. The van der Waals surface area contributed by atoms with Crippen LogP contribution in [0, 0.1) is 6.92 Å². The molecule has 0 bridgehead atoms. The zero-order valence-electron chi connectivity index (χ0n) is 11.8. The average Bonchev–Trinajstić information content (AvgIpc) is 2.41. The maximum absolute atomic E-state index is 12.3. The second kappa shape index (κ2) is 6.92. The Morgan fingerprint density at radius 1 is 1.40 bits per heavy atom. The molecule has 2 rings (SSSR count). The van der Waals surface area contributed by atoms with Gasteiger partial charge in [-0.2, -0.15) is 0 Å². The highest BCUT2D eigenvalue weighted by Crippen LogP contribution is 2.24. The van der Waals surface area contributed by atoms with E-state index >= 15 is 0 Å². The molecule has 1 fully saturated rings. The molecule has 1 saturated heterocycles. The fraction of sp³-hybridized carbons (Fsp3) is 0.500. The Labute approximate surface area is 125 Å². The van der Waals surface area contributed by atoms with Crippen LogP contribution < -0.4 is 15.8 Å². The molecule has 0 saturated carbocycles. The molecule has 5 nitrogen and oxygen atoms in total. The first-order valence-electron chi connectivity index (χ1n) is 6.38. The van der Waals surface area contributed by atoms with Crippen LogP contribution in [0.3, 0.4) is 0 Å². The van der Waals surface area contributed by atoms with Crippen molar-refractivity contribution in [2.24, 2.45) is 5.73 Å². The predicted octanol–water partition coefficient (Wildman–Crippen LogP) is 1.87. The van der Waals surface area contributed by atoms with Gasteiger partial charge in [0.1, 0.15) is 11.3 Å². The summed E-state index contributed by atoms with van der Waals surface area (Å²) in [4.78, 5) is 12.3. The fourth-order valence-electron chi connectivity index (χ4n) is 2.11. The van der Waals surface area contributed by atoms with Crippen LogP contribution in [0.2, 0.25) is 0 Å². The number of anilines is 1. The maximum atomic E-state index is 12.3. The van der Waals surface area contributed by atoms with Crippen LogP contribution in [0.15, 0.2) is 18.2 Å². The van der Waals surface area contributed by atoms with Gasteiger partial charge in [-0.25, -0.2) is 0 Å². The van der Waals surface area contributed by atoms with Crippen LogP contribution >= 0.6 is 12.4 Å². The van der Waals surface area contributed by atoms with Crippen molar-refractivity contribution >= 4 is 24.0 Å². The Bertz CT molecular complexity index is 473. The third-order valence-corrected chi connectivity index (χ3v) is 3.52. The number of aryl methyl sites for hydroxylation is 1. The molecule has 1 heterocycles. The average molecular weight is 301 g/mol. The molecule has 3 N–H and O–H groups in total. The van der Waals surface area contributed by atoms with Gasteiger partial charge < -0.3 is 20.5 Å². The number of benzene rings is 1. The normalized spacial score (nSPS) is 16.9. The Balaban J connectivity index is 0.00000200. The molecule has 0 spiro atoms. The molecule has 0 atom stereocenters. The van der Waals surface area contributed by atoms with Crippen LogP contribution in [0.1, 0.15) is 18.4 Å². The summed E-state index contributed by atoms with van der Waals surface area (Å²) in [7, 11) is 1.62. The van der Waals surface area contributed by atoms with Crippen LogP contribution in [-0.4, -0.2) is 31.8 Å². The molecule has 20 heavy (non-hydrogen) atoms. The van der Waals surface area contributed by atoms with Crippen molar-refractivity contribution in [1.29, 1.82) is 0 Å². The molecule has 0 unspecified atom stereocenters. The van der Waals surface area contributed by atoms with Gasteiger partial charge in [-0.3, -0.25) is 4.79 Å². The lowest BCUT2D eigenvalue weighted by molar-refractivity contribution is -0.124. The molecule has 6 heteroatoms. The van der Waals surface area contributed by atoms with Gasteiger partial charge >= 0.3 is 0 Å². The van der Waals surface area contributed by atoms with Gasteiger partial charge in [0.2, 0.25) is 5.91 Å². The maximum Gasteiger partial charge on any atom is 0.244 e. The van der Waals surface area contributed by atoms with Crippen molar-refractivity contribution in [3.8, 4) is 5.75 Å². The third-order valence-electron chi connectivity index (χ3n) is 3.52. The molecule has 1 aromatic carbocycles. The molecule has 0 aliphatic carbocycles. The van der Waals surface area contributed by atoms with Crippen molar-refractivity contribution in [1.82, 2.24) is 0 Å². The largest absolute Gasteiger partial charge is 0.497 e. The van der Waals surface area contributed by atoms with Crippen LogP contribution in [0.4, 0.5) is 5.69 Å². The minimum absolute atomic E-state index is 0. The van der Waals surface area contributed by atoms with Crippen LogP contribution in [0.5, 0.6) is 5.75 Å². The molecule has 112 valence electrons. The predicted molar refractivity (Wildman–Crippen MR) is 80.6 cm³/mol. The molecule has 1 amide bonds. The SMILES string of the molecule is COc1ccc(NC(=O)C2(N)CCOCC2)c(C)c1.Cl. The summed E-state index contributed by atoms with van der Waals surface area (Å²) in [5, 5.41) is 2.90. The van der Waals surface area contributed by atoms with E-state index in [0.29, 0.717) is 26.1 Å². The second-order valence-corrected chi connectivity index (χ2v) is 4.90. The number of halogens is 1. The first-order valence-corrected chi connectivity index (χ1v) is 6.38. The highest BCUT2D eigenvalue weighted by atomic mass is 35.5. The quantitative estimate of drug-likeness (QED) is 0.894. The van der Waals surface area contributed by atoms with Gasteiger partial charge in [-0.1, -0.05) is 0 Å². The lowest BCUT2D eigenvalue weighted by Crippen LogP contribution is -2.54. The Hall–Kier alpha value is -1.30. The van der Waals surface area contributed by atoms with E-state index in [-0.39, 0.29) is 18.3 Å². The molecule has 0 aromatic heterocycles. The monoisotopic (exact) mass is 300 g/mol. The van der Waals surface area contributed by atoms with E-state index in [1.165, 1.54) is 0 Å². The number of amides is 1. The summed E-state index contributed by atoms with van der Waals surface area (Å²) < 4.78 is 10.4. The van der Waals surface area contributed by atoms with Crippen molar-refractivity contribution < 1.29 is 14.3 Å². The summed E-state index contributed by atoms with van der Waals surface area (Å²) >= 11 is 0. The molecular weight excluding hydrogens is 280 g/mol. The highest BCUT2D eigenvalue weighted by molar-refractivity contribution is 5.98. The molecular formula is C14H21ClN2O3. The Kier molecular flexibility index (Phi) is 5.80. The summed E-state index contributed by atoms with van der Waals surface area (Å²) in [6.07, 6.45) is 1.10. The van der Waals surface area contributed by atoms with Gasteiger partial charge in [-0.15, -0.1) is 12.4 Å². The molecule has 1 aliphatic rings. The standard InChI is InChI=1S/C14H20N2O3.ClH/c1-10-9-11(18-2)3-4-12(10)16-13(17)14(15)5-7-19-8-6-14;/h3-4,9H,5-8,15H2,1-2H3,(H,16,17);1H. The Morgan fingerprint density at radius 2 is 2.05 bits per heavy atom. The minimum Gasteiger partial charge on any atom is -0.497 e. The van der Waals surface area contributed by atoms with E-state index in [1.54, 1.807) is 7.11 Å². The lowest BCUT2D eigenvalue weighted by Gasteiger charge is -2.32. The van der Waals surface area contributed by atoms with Gasteiger partial charge in [-0.05, 0) is 43.5 Å². The van der Waals surface area contributed by atoms with Crippen LogP contribution in [0.25, 0.3) is 0 Å². The Morgan fingerprint density at radius 3 is 2.60 bits per heavy atom. The van der Waals surface area contributed by atoms with Gasteiger partial charge in [0.05, 0.1) is 7.11 Å². The van der Waals surface area contributed by atoms with Crippen molar-refractivity contribution in [2.45, 2.75) is 25.3 Å². The van der Waals surface area contributed by atoms with Crippen molar-refractivity contribution in [3.63, 3.8) is 0 Å². The topological polar surface area (TPSA) is 73.6 Å². The van der Waals surface area contributed by atoms with Crippen molar-refractivity contribution in [2.75, 3.05) is 25.6 Å². The van der Waals surface area contributed by atoms with E-state index in [9.17, 15) is 4.79 Å². The molecule has 0 radical (unpaired) electrons. The summed E-state index contributed by atoms with van der Waals surface area (Å²) in [5.41, 5.74) is 7.02. The smallest absolute Gasteiger partial charge is 0.244 e. The molecule has 1 aromatic rings. The fourth-order valence-corrected chi connectivity index (χ4v) is 2.11. The van der Waals surface area contributed by atoms with E-state index in [1.807, 2.05) is 25.1 Å². The van der Waals surface area contributed by atoms with E-state index < -0.39 is 5.54 Å². The first kappa shape index (κ1) is 16.8. The van der Waals surface area contributed by atoms with Gasteiger partial charge in [0.15, 0.2) is 0 Å². The lowest BCUT2D eigenvalue weighted by atomic mass is 9.90. The third kappa shape index (κ3) is 3.62. The van der Waals surface area contributed by atoms with E-state index in [2.05, 4.69) is 5.32 Å². The van der Waals surface area contributed by atoms with E-state index in [0.717, 1.165) is 17.0 Å². The number of rotatable bonds is 3. The van der Waals surface area contributed by atoms with Gasteiger partial charge in [0, 0.05) is 18.9 Å². The minimum atomic E-state index is -0.829. The second-order valence-electron chi connectivity index (χ2n) is 4.90. The first-order chi connectivity index (χ1) is 9.05. The van der Waals surface area contributed by atoms with Gasteiger partial charge in [0.25, 0.3) is 0 Å². The number of methoxy groups -OCH3 is 1. The van der Waals surface area contributed by atoms with E-state index in [4.69, 9.17) is 15.2 Å². The highest BCUT2D eigenvalue weighted by Gasteiger charge is 2.36. The zero-order valence-corrected chi connectivity index (χ0v) is 12.6. The summed E-state index contributed by atoms with van der Waals surface area (Å²) in [6, 6.07) is 5.52. The molecule has 1 aliphatic heterocycles. The summed E-state index contributed by atoms with van der Waals surface area (Å²) in [5.74, 6) is 0.619. The number of ether oxygens (including phenoxy) is 2. The zero-order chi connectivity index (χ0) is 13.9. The number of nitrogens with two attached hydrogens (primary N) is 1. The number of carbonyl (C=O) groups excluding carboxylic acids is 1. The van der Waals surface area contributed by atoms with Crippen LogP contribution in [-0.2, 0) is 9.53 Å². The summed E-state index contributed by atoms with van der Waals surface area (Å²) in [6.45, 7) is 2.99. The number of nitrogens with one attached hydrogen (secondary N) is 1.